The Morgan fingerprint density at radius 1 is 1.27 bits per heavy atom. The summed E-state index contributed by atoms with van der Waals surface area (Å²) in [5, 5.41) is 7.04. The van der Waals surface area contributed by atoms with Gasteiger partial charge in [0.2, 0.25) is 5.91 Å². The summed E-state index contributed by atoms with van der Waals surface area (Å²) in [6.45, 7) is 0. The van der Waals surface area contributed by atoms with Gasteiger partial charge in [0.25, 0.3) is 0 Å². The van der Waals surface area contributed by atoms with E-state index < -0.39 is 5.82 Å². The third-order valence-corrected chi connectivity index (χ3v) is 5.73. The molecule has 0 saturated carbocycles. The molecule has 3 aromatic rings. The molecule has 4 nitrogen and oxygen atoms in total. The first-order valence-electron chi connectivity index (χ1n) is 7.16. The number of halogens is 3. The molecule has 0 bridgehead atoms. The Morgan fingerprint density at radius 2 is 2.00 bits per heavy atom. The second-order valence-electron chi connectivity index (χ2n) is 4.98. The molecule has 1 aromatic heterocycles. The maximum atomic E-state index is 13.7. The van der Waals surface area contributed by atoms with Gasteiger partial charge in [0.15, 0.2) is 8.29 Å². The number of nitrogens with one attached hydrogen (secondary N) is 1. The van der Waals surface area contributed by atoms with Crippen LogP contribution in [0.25, 0.3) is 5.69 Å². The van der Waals surface area contributed by atoms with Gasteiger partial charge < -0.3 is 5.32 Å². The summed E-state index contributed by atoms with van der Waals surface area (Å²) in [5.74, 6) is -1.30. The predicted octanol–water partition coefficient (Wildman–Crippen LogP) is 5.33. The lowest BCUT2D eigenvalue weighted by Crippen LogP contribution is -2.15. The minimum Gasteiger partial charge on any atom is -0.323 e. The molecular weight excluding hydrogens is 420 g/mol. The van der Waals surface area contributed by atoms with Crippen LogP contribution in [0.4, 0.5) is 14.5 Å². The Hall–Kier alpha value is -1.81. The standard InChI is InChI=1S/C16H10ClF2N3OS3/c17-9-1-6-13(12(19)7-9)20-14(23)8-25-15-21-22(16(24)26-15)11-4-2-10(18)3-5-11/h1-7H,8H2,(H,20,23). The van der Waals surface area contributed by atoms with E-state index in [9.17, 15) is 13.6 Å². The van der Waals surface area contributed by atoms with Crippen molar-refractivity contribution in [3.05, 3.63) is 63.1 Å². The minimum absolute atomic E-state index is 0.0355. The monoisotopic (exact) mass is 429 g/mol. The smallest absolute Gasteiger partial charge is 0.234 e. The molecule has 1 amide bonds. The van der Waals surface area contributed by atoms with Gasteiger partial charge in [0.1, 0.15) is 11.6 Å². The van der Waals surface area contributed by atoms with Gasteiger partial charge in [0, 0.05) is 5.02 Å². The average Bonchev–Trinajstić information content (AvgIpc) is 2.97. The molecule has 0 aliphatic heterocycles. The summed E-state index contributed by atoms with van der Waals surface area (Å²) in [4.78, 5) is 12.0. The van der Waals surface area contributed by atoms with Crippen molar-refractivity contribution in [2.75, 3.05) is 11.1 Å². The molecule has 0 unspecified atom stereocenters. The van der Waals surface area contributed by atoms with E-state index in [1.165, 1.54) is 52.0 Å². The highest BCUT2D eigenvalue weighted by atomic mass is 35.5. The third-order valence-electron chi connectivity index (χ3n) is 3.13. The van der Waals surface area contributed by atoms with Crippen molar-refractivity contribution in [1.82, 2.24) is 9.78 Å². The van der Waals surface area contributed by atoms with Crippen molar-refractivity contribution in [2.45, 2.75) is 4.34 Å². The molecular formula is C16H10ClF2N3OS3. The van der Waals surface area contributed by atoms with Crippen LogP contribution >= 0.6 is 46.9 Å². The second kappa shape index (κ2) is 8.26. The van der Waals surface area contributed by atoms with E-state index in [1.54, 1.807) is 12.1 Å². The molecule has 0 atom stereocenters. The van der Waals surface area contributed by atoms with Crippen LogP contribution in [0.2, 0.25) is 5.02 Å². The molecule has 3 rings (SSSR count). The molecule has 0 spiro atoms. The first kappa shape index (κ1) is 19.0. The van der Waals surface area contributed by atoms with Gasteiger partial charge in [-0.1, -0.05) is 34.7 Å². The molecule has 0 aliphatic carbocycles. The molecule has 1 heterocycles. The van der Waals surface area contributed by atoms with Crippen LogP contribution in [0.15, 0.2) is 46.8 Å². The van der Waals surface area contributed by atoms with Crippen LogP contribution in [0.1, 0.15) is 0 Å². The molecule has 0 saturated heterocycles. The van der Waals surface area contributed by atoms with Gasteiger partial charge in [-0.15, -0.1) is 5.10 Å². The van der Waals surface area contributed by atoms with E-state index in [1.807, 2.05) is 0 Å². The molecule has 10 heteroatoms. The van der Waals surface area contributed by atoms with Gasteiger partial charge in [-0.3, -0.25) is 4.79 Å². The largest absolute Gasteiger partial charge is 0.323 e. The molecule has 0 aliphatic rings. The number of benzene rings is 2. The van der Waals surface area contributed by atoms with Gasteiger partial charge in [-0.2, -0.15) is 0 Å². The number of amides is 1. The number of carbonyl (C=O) groups excluding carboxylic acids is 1. The minimum atomic E-state index is -0.605. The van der Waals surface area contributed by atoms with Gasteiger partial charge in [0.05, 0.1) is 17.1 Å². The van der Waals surface area contributed by atoms with E-state index in [4.69, 9.17) is 23.8 Å². The number of anilines is 1. The summed E-state index contributed by atoms with van der Waals surface area (Å²) in [6.07, 6.45) is 0. The lowest BCUT2D eigenvalue weighted by molar-refractivity contribution is -0.113. The highest BCUT2D eigenvalue weighted by molar-refractivity contribution is 8.01. The van der Waals surface area contributed by atoms with E-state index >= 15 is 0 Å². The summed E-state index contributed by atoms with van der Waals surface area (Å²) in [5.41, 5.74) is 0.691. The van der Waals surface area contributed by atoms with Crippen LogP contribution in [-0.4, -0.2) is 21.4 Å². The Bertz CT molecular complexity index is 1000. The molecule has 1 N–H and O–H groups in total. The molecule has 0 fully saturated rings. The van der Waals surface area contributed by atoms with E-state index in [-0.39, 0.29) is 28.2 Å². The quantitative estimate of drug-likeness (QED) is 0.440. The summed E-state index contributed by atoms with van der Waals surface area (Å²) >= 11 is 13.3. The molecule has 2 aromatic carbocycles. The number of nitrogens with zero attached hydrogens (tertiary/aromatic N) is 2. The van der Waals surface area contributed by atoms with Crippen molar-refractivity contribution in [3.8, 4) is 5.69 Å². The maximum absolute atomic E-state index is 13.7. The highest BCUT2D eigenvalue weighted by Crippen LogP contribution is 2.25. The summed E-state index contributed by atoms with van der Waals surface area (Å²) in [6, 6.07) is 9.77. The van der Waals surface area contributed by atoms with Crippen LogP contribution in [-0.2, 0) is 4.79 Å². The lowest BCUT2D eigenvalue weighted by atomic mass is 10.3. The summed E-state index contributed by atoms with van der Waals surface area (Å²) in [7, 11) is 0. The highest BCUT2D eigenvalue weighted by Gasteiger charge is 2.11. The van der Waals surface area contributed by atoms with Crippen molar-refractivity contribution in [1.29, 1.82) is 0 Å². The molecule has 134 valence electrons. The van der Waals surface area contributed by atoms with E-state index in [2.05, 4.69) is 10.4 Å². The number of hydrogen-bond acceptors (Lipinski definition) is 5. The number of hydrogen-bond donors (Lipinski definition) is 1. The Kier molecular flexibility index (Phi) is 6.02. The zero-order valence-corrected chi connectivity index (χ0v) is 16.1. The van der Waals surface area contributed by atoms with Crippen LogP contribution < -0.4 is 5.32 Å². The third kappa shape index (κ3) is 4.67. The van der Waals surface area contributed by atoms with Gasteiger partial charge in [-0.25, -0.2) is 13.5 Å². The zero-order valence-electron chi connectivity index (χ0n) is 12.9. The summed E-state index contributed by atoms with van der Waals surface area (Å²) < 4.78 is 29.2. The van der Waals surface area contributed by atoms with E-state index in [0.717, 1.165) is 6.07 Å². The van der Waals surface area contributed by atoms with E-state index in [0.29, 0.717) is 14.0 Å². The van der Waals surface area contributed by atoms with Crippen LogP contribution in [0.5, 0.6) is 0 Å². The van der Waals surface area contributed by atoms with Crippen molar-refractivity contribution >= 4 is 58.5 Å². The van der Waals surface area contributed by atoms with Gasteiger partial charge >= 0.3 is 0 Å². The first-order valence-corrected chi connectivity index (χ1v) is 9.75. The van der Waals surface area contributed by atoms with Gasteiger partial charge in [-0.05, 0) is 54.7 Å². The fourth-order valence-electron chi connectivity index (χ4n) is 1.97. The number of rotatable bonds is 5. The number of aromatic nitrogens is 2. The Balaban J connectivity index is 1.64. The Labute approximate surface area is 165 Å². The fraction of sp³-hybridized carbons (Fsp3) is 0.0625. The van der Waals surface area contributed by atoms with Crippen molar-refractivity contribution in [3.63, 3.8) is 0 Å². The predicted molar refractivity (Wildman–Crippen MR) is 103 cm³/mol. The van der Waals surface area contributed by atoms with Crippen LogP contribution in [0.3, 0.4) is 0 Å². The Morgan fingerprint density at radius 3 is 2.69 bits per heavy atom. The maximum Gasteiger partial charge on any atom is 0.234 e. The molecule has 26 heavy (non-hydrogen) atoms. The topological polar surface area (TPSA) is 46.9 Å². The zero-order chi connectivity index (χ0) is 18.7. The normalized spacial score (nSPS) is 10.7. The van der Waals surface area contributed by atoms with Crippen LogP contribution in [0, 0.1) is 15.6 Å². The number of carbonyl (C=O) groups is 1. The SMILES string of the molecule is O=C(CSc1nn(-c2ccc(F)cc2)c(=S)s1)Nc1ccc(Cl)cc1F. The van der Waals surface area contributed by atoms with Crippen molar-refractivity contribution in [2.24, 2.45) is 0 Å². The van der Waals surface area contributed by atoms with Crippen molar-refractivity contribution < 1.29 is 13.6 Å². The first-order chi connectivity index (χ1) is 12.4. The number of thioether (sulfide) groups is 1. The average molecular weight is 430 g/mol. The lowest BCUT2D eigenvalue weighted by Gasteiger charge is -2.05. The fourth-order valence-corrected chi connectivity index (χ4v) is 4.29. The second-order valence-corrected chi connectivity index (χ2v) is 8.26. The molecule has 0 radical (unpaired) electrons.